The average molecular weight is 344 g/mol. The Morgan fingerprint density at radius 1 is 1.38 bits per heavy atom. The van der Waals surface area contributed by atoms with Crippen LogP contribution in [0.1, 0.15) is 5.56 Å². The first kappa shape index (κ1) is 15.2. The highest BCUT2D eigenvalue weighted by molar-refractivity contribution is 7.94. The SMILES string of the molecule is N#Cc1cccc(NS(=O)(=O)c2cc([N+](=O)[O-])c(Cl)s2)c1. The number of sulfonamides is 1. The molecule has 0 bridgehead atoms. The summed E-state index contributed by atoms with van der Waals surface area (Å²) in [6.45, 7) is 0. The lowest BCUT2D eigenvalue weighted by atomic mass is 10.2. The van der Waals surface area contributed by atoms with Gasteiger partial charge in [0.1, 0.15) is 4.21 Å². The molecule has 2 aromatic rings. The molecule has 0 saturated carbocycles. The summed E-state index contributed by atoms with van der Waals surface area (Å²) in [6, 6.07) is 8.61. The Morgan fingerprint density at radius 2 is 2.10 bits per heavy atom. The molecule has 0 amide bonds. The van der Waals surface area contributed by atoms with E-state index in [1.54, 1.807) is 0 Å². The van der Waals surface area contributed by atoms with E-state index in [2.05, 4.69) is 4.72 Å². The molecule has 0 spiro atoms. The van der Waals surface area contributed by atoms with E-state index in [4.69, 9.17) is 16.9 Å². The van der Waals surface area contributed by atoms with Crippen LogP contribution in [-0.4, -0.2) is 13.3 Å². The highest BCUT2D eigenvalue weighted by Gasteiger charge is 2.25. The van der Waals surface area contributed by atoms with Crippen LogP contribution in [0.4, 0.5) is 11.4 Å². The van der Waals surface area contributed by atoms with Gasteiger partial charge in [0, 0.05) is 6.07 Å². The Bertz CT molecular complexity index is 855. The summed E-state index contributed by atoms with van der Waals surface area (Å²) >= 11 is 6.23. The summed E-state index contributed by atoms with van der Waals surface area (Å²) in [5.41, 5.74) is -0.000523. The van der Waals surface area contributed by atoms with Gasteiger partial charge in [-0.1, -0.05) is 17.7 Å². The van der Waals surface area contributed by atoms with Gasteiger partial charge in [0.05, 0.1) is 22.2 Å². The summed E-state index contributed by atoms with van der Waals surface area (Å²) in [7, 11) is -4.00. The minimum atomic E-state index is -4.00. The Balaban J connectivity index is 2.36. The zero-order valence-corrected chi connectivity index (χ0v) is 12.5. The van der Waals surface area contributed by atoms with E-state index in [0.717, 1.165) is 6.07 Å². The molecule has 10 heteroatoms. The fraction of sp³-hybridized carbons (Fsp3) is 0. The van der Waals surface area contributed by atoms with Crippen molar-refractivity contribution in [2.24, 2.45) is 0 Å². The van der Waals surface area contributed by atoms with Crippen LogP contribution in [-0.2, 0) is 10.0 Å². The van der Waals surface area contributed by atoms with Gasteiger partial charge in [0.2, 0.25) is 0 Å². The quantitative estimate of drug-likeness (QED) is 0.677. The number of nitro groups is 1. The van der Waals surface area contributed by atoms with Gasteiger partial charge < -0.3 is 0 Å². The van der Waals surface area contributed by atoms with Gasteiger partial charge in [0.25, 0.3) is 15.7 Å². The number of nitrogens with zero attached hydrogens (tertiary/aromatic N) is 2. The molecule has 0 aliphatic heterocycles. The van der Waals surface area contributed by atoms with Crippen molar-refractivity contribution in [1.29, 1.82) is 5.26 Å². The molecule has 0 unspecified atom stereocenters. The van der Waals surface area contributed by atoms with E-state index in [0.29, 0.717) is 11.3 Å². The fourth-order valence-electron chi connectivity index (χ4n) is 1.45. The number of hydrogen-bond acceptors (Lipinski definition) is 6. The highest BCUT2D eigenvalue weighted by Crippen LogP contribution is 2.36. The lowest BCUT2D eigenvalue weighted by molar-refractivity contribution is -0.384. The highest BCUT2D eigenvalue weighted by atomic mass is 35.5. The van der Waals surface area contributed by atoms with Crippen LogP contribution in [0.5, 0.6) is 0 Å². The number of benzene rings is 1. The number of anilines is 1. The van der Waals surface area contributed by atoms with Crippen LogP contribution in [0.25, 0.3) is 0 Å². The first-order chi connectivity index (χ1) is 9.83. The molecular formula is C11H6ClN3O4S2. The van der Waals surface area contributed by atoms with Gasteiger partial charge in [0.15, 0.2) is 4.34 Å². The third kappa shape index (κ3) is 3.30. The number of nitriles is 1. The van der Waals surface area contributed by atoms with E-state index in [1.807, 2.05) is 6.07 Å². The van der Waals surface area contributed by atoms with E-state index >= 15 is 0 Å². The molecule has 0 saturated heterocycles. The number of rotatable bonds is 4. The first-order valence-corrected chi connectivity index (χ1v) is 7.98. The third-order valence-electron chi connectivity index (χ3n) is 2.35. The molecule has 2 rings (SSSR count). The number of thiophene rings is 1. The Labute approximate surface area is 128 Å². The summed E-state index contributed by atoms with van der Waals surface area (Å²) in [4.78, 5) is 9.92. The summed E-state index contributed by atoms with van der Waals surface area (Å²) in [5, 5.41) is 19.4. The topological polar surface area (TPSA) is 113 Å². The second-order valence-electron chi connectivity index (χ2n) is 3.78. The van der Waals surface area contributed by atoms with E-state index in [9.17, 15) is 18.5 Å². The molecule has 1 aromatic heterocycles. The molecule has 108 valence electrons. The largest absolute Gasteiger partial charge is 0.300 e. The van der Waals surface area contributed by atoms with Crippen molar-refractivity contribution < 1.29 is 13.3 Å². The van der Waals surface area contributed by atoms with Crippen LogP contribution >= 0.6 is 22.9 Å². The third-order valence-corrected chi connectivity index (χ3v) is 5.54. The summed E-state index contributed by atoms with van der Waals surface area (Å²) < 4.78 is 26.0. The standard InChI is InChI=1S/C11H6ClN3O4S2/c12-11-9(15(16)17)5-10(20-11)21(18,19)14-8-3-1-2-7(4-8)6-13/h1-5,14H. The average Bonchev–Trinajstić information content (AvgIpc) is 2.81. The first-order valence-electron chi connectivity index (χ1n) is 5.30. The maximum absolute atomic E-state index is 12.1. The molecule has 0 aliphatic rings. The van der Waals surface area contributed by atoms with Crippen molar-refractivity contribution in [3.05, 3.63) is 50.3 Å². The lowest BCUT2D eigenvalue weighted by Crippen LogP contribution is -2.11. The predicted octanol–water partition coefficient (Wildman–Crippen LogP) is 2.98. The van der Waals surface area contributed by atoms with Gasteiger partial charge in [-0.15, -0.1) is 11.3 Å². The lowest BCUT2D eigenvalue weighted by Gasteiger charge is -2.05. The van der Waals surface area contributed by atoms with E-state index < -0.39 is 20.6 Å². The minimum Gasteiger partial charge on any atom is -0.279 e. The number of nitrogens with one attached hydrogen (secondary N) is 1. The number of hydrogen-bond donors (Lipinski definition) is 1. The molecule has 0 aliphatic carbocycles. The van der Waals surface area contributed by atoms with Gasteiger partial charge in [-0.05, 0) is 18.2 Å². The van der Waals surface area contributed by atoms with Crippen molar-refractivity contribution in [3.8, 4) is 6.07 Å². The van der Waals surface area contributed by atoms with Crippen LogP contribution < -0.4 is 4.72 Å². The Hall–Kier alpha value is -2.15. The van der Waals surface area contributed by atoms with Crippen LogP contribution in [0.15, 0.2) is 34.5 Å². The second-order valence-corrected chi connectivity index (χ2v) is 7.34. The normalized spacial score (nSPS) is 10.9. The van der Waals surface area contributed by atoms with Gasteiger partial charge >= 0.3 is 0 Å². The molecule has 1 N–H and O–H groups in total. The minimum absolute atomic E-state index is 0.182. The summed E-state index contributed by atoms with van der Waals surface area (Å²) in [5.74, 6) is 0. The van der Waals surface area contributed by atoms with Crippen molar-refractivity contribution in [1.82, 2.24) is 0 Å². The van der Waals surface area contributed by atoms with Crippen molar-refractivity contribution in [2.45, 2.75) is 4.21 Å². The van der Waals surface area contributed by atoms with E-state index in [1.165, 1.54) is 24.3 Å². The molecule has 21 heavy (non-hydrogen) atoms. The number of halogens is 1. The Kier molecular flexibility index (Phi) is 4.13. The molecular weight excluding hydrogens is 338 g/mol. The van der Waals surface area contributed by atoms with Gasteiger partial charge in [-0.25, -0.2) is 8.42 Å². The molecule has 0 radical (unpaired) electrons. The maximum atomic E-state index is 12.1. The van der Waals surface area contributed by atoms with Crippen LogP contribution in [0.2, 0.25) is 4.34 Å². The van der Waals surface area contributed by atoms with E-state index in [-0.39, 0.29) is 19.8 Å². The molecule has 1 heterocycles. The predicted molar refractivity (Wildman–Crippen MR) is 77.9 cm³/mol. The zero-order chi connectivity index (χ0) is 15.6. The zero-order valence-electron chi connectivity index (χ0n) is 10.1. The monoisotopic (exact) mass is 343 g/mol. The Morgan fingerprint density at radius 3 is 2.67 bits per heavy atom. The van der Waals surface area contributed by atoms with Crippen molar-refractivity contribution >= 4 is 44.3 Å². The molecule has 7 nitrogen and oxygen atoms in total. The van der Waals surface area contributed by atoms with Gasteiger partial charge in [-0.3, -0.25) is 14.8 Å². The fourth-order valence-corrected chi connectivity index (χ4v) is 4.17. The maximum Gasteiger partial charge on any atom is 0.300 e. The van der Waals surface area contributed by atoms with Crippen LogP contribution in [0, 0.1) is 21.4 Å². The summed E-state index contributed by atoms with van der Waals surface area (Å²) in [6.07, 6.45) is 0. The van der Waals surface area contributed by atoms with Crippen molar-refractivity contribution in [3.63, 3.8) is 0 Å². The molecule has 0 atom stereocenters. The van der Waals surface area contributed by atoms with Gasteiger partial charge in [-0.2, -0.15) is 5.26 Å². The van der Waals surface area contributed by atoms with Crippen LogP contribution in [0.3, 0.4) is 0 Å². The smallest absolute Gasteiger partial charge is 0.279 e. The molecule has 1 aromatic carbocycles. The molecule has 0 fully saturated rings. The van der Waals surface area contributed by atoms with Crippen molar-refractivity contribution in [2.75, 3.05) is 4.72 Å². The second kappa shape index (κ2) is 5.69.